The summed E-state index contributed by atoms with van der Waals surface area (Å²) in [6.45, 7) is -0.795. The van der Waals surface area contributed by atoms with E-state index in [1.165, 1.54) is 17.2 Å². The molecule has 0 amide bonds. The van der Waals surface area contributed by atoms with Crippen LogP contribution in [0.4, 0.5) is 8.78 Å². The molecule has 0 atom stereocenters. The number of rotatable bonds is 9. The van der Waals surface area contributed by atoms with E-state index in [1.54, 1.807) is 12.1 Å². The monoisotopic (exact) mass is 397 g/mol. The van der Waals surface area contributed by atoms with Crippen LogP contribution in [0.2, 0.25) is 0 Å². The maximum absolute atomic E-state index is 12.3. The highest BCUT2D eigenvalue weighted by molar-refractivity contribution is 5.28. The number of alkyl halides is 2. The zero-order chi connectivity index (χ0) is 20.1. The first-order valence-electron chi connectivity index (χ1n) is 9.97. The zero-order valence-corrected chi connectivity index (χ0v) is 16.2. The predicted molar refractivity (Wildman–Crippen MR) is 108 cm³/mol. The van der Waals surface area contributed by atoms with E-state index in [9.17, 15) is 8.78 Å². The van der Waals surface area contributed by atoms with Crippen molar-refractivity contribution < 1.29 is 18.3 Å². The first-order valence-corrected chi connectivity index (χ1v) is 9.97. The molecule has 152 valence electrons. The molecule has 5 heteroatoms. The van der Waals surface area contributed by atoms with Crippen LogP contribution in [-0.2, 0) is 17.9 Å². The third kappa shape index (κ3) is 5.45. The van der Waals surface area contributed by atoms with Crippen molar-refractivity contribution in [3.8, 4) is 5.75 Å². The summed E-state index contributed by atoms with van der Waals surface area (Å²) in [5, 5.41) is 0. The van der Waals surface area contributed by atoms with Gasteiger partial charge in [-0.3, -0.25) is 0 Å². The van der Waals surface area contributed by atoms with Crippen LogP contribution in [0.15, 0.2) is 73.1 Å². The second-order valence-corrected chi connectivity index (χ2v) is 7.67. The largest absolute Gasteiger partial charge is 0.435 e. The normalized spacial score (nSPS) is 18.6. The molecule has 1 heterocycles. The summed E-state index contributed by atoms with van der Waals surface area (Å²) >= 11 is 0. The lowest BCUT2D eigenvalue weighted by molar-refractivity contribution is -0.0499. The first kappa shape index (κ1) is 19.6. The van der Waals surface area contributed by atoms with E-state index in [0.717, 1.165) is 24.9 Å². The first-order chi connectivity index (χ1) is 14.2. The summed E-state index contributed by atoms with van der Waals surface area (Å²) in [6, 6.07) is 19.7. The van der Waals surface area contributed by atoms with Crippen LogP contribution in [0.25, 0.3) is 0 Å². The SMILES string of the molecule is FC(F)Oc1cccc(COCC2CC(c3ccc(Cn4cccc4)cc3)C2)c1. The van der Waals surface area contributed by atoms with Crippen LogP contribution in [0.3, 0.4) is 0 Å². The van der Waals surface area contributed by atoms with Crippen molar-refractivity contribution in [2.24, 2.45) is 5.92 Å². The molecule has 1 saturated carbocycles. The van der Waals surface area contributed by atoms with Crippen molar-refractivity contribution in [3.63, 3.8) is 0 Å². The summed E-state index contributed by atoms with van der Waals surface area (Å²) in [6.07, 6.45) is 6.41. The lowest BCUT2D eigenvalue weighted by atomic mass is 9.72. The average Bonchev–Trinajstić information content (AvgIpc) is 3.17. The van der Waals surface area contributed by atoms with E-state index < -0.39 is 6.61 Å². The molecule has 3 nitrogen and oxygen atoms in total. The minimum Gasteiger partial charge on any atom is -0.435 e. The van der Waals surface area contributed by atoms with Gasteiger partial charge >= 0.3 is 6.61 Å². The maximum atomic E-state index is 12.3. The van der Waals surface area contributed by atoms with Crippen LogP contribution in [0.5, 0.6) is 5.75 Å². The van der Waals surface area contributed by atoms with Crippen molar-refractivity contribution in [1.82, 2.24) is 4.57 Å². The molecule has 0 N–H and O–H groups in total. The highest BCUT2D eigenvalue weighted by atomic mass is 19.3. The topological polar surface area (TPSA) is 23.4 Å². The number of nitrogens with zero attached hydrogens (tertiary/aromatic N) is 1. The Kier molecular flexibility index (Phi) is 6.25. The third-order valence-corrected chi connectivity index (χ3v) is 5.46. The van der Waals surface area contributed by atoms with Gasteiger partial charge in [0.1, 0.15) is 5.75 Å². The Morgan fingerprint density at radius 1 is 0.931 bits per heavy atom. The van der Waals surface area contributed by atoms with Gasteiger partial charge in [0.05, 0.1) is 6.61 Å². The minimum absolute atomic E-state index is 0.171. The molecule has 2 aromatic carbocycles. The standard InChI is InChI=1S/C24H25F2NO2/c25-24(26)29-23-5-3-4-19(14-23)16-28-17-20-12-22(13-20)21-8-6-18(7-9-21)15-27-10-1-2-11-27/h1-11,14,20,22,24H,12-13,15-17H2. The molecule has 0 unspecified atom stereocenters. The second kappa shape index (κ2) is 9.23. The lowest BCUT2D eigenvalue weighted by Gasteiger charge is -2.35. The fourth-order valence-corrected chi connectivity index (χ4v) is 3.88. The Morgan fingerprint density at radius 2 is 1.69 bits per heavy atom. The third-order valence-electron chi connectivity index (χ3n) is 5.46. The van der Waals surface area contributed by atoms with Gasteiger partial charge in [-0.15, -0.1) is 0 Å². The Morgan fingerprint density at radius 3 is 2.41 bits per heavy atom. The van der Waals surface area contributed by atoms with E-state index in [2.05, 4.69) is 46.0 Å². The van der Waals surface area contributed by atoms with E-state index in [4.69, 9.17) is 4.74 Å². The molecule has 1 aliphatic rings. The second-order valence-electron chi connectivity index (χ2n) is 7.67. The highest BCUT2D eigenvalue weighted by Crippen LogP contribution is 2.41. The van der Waals surface area contributed by atoms with Gasteiger partial charge in [0.15, 0.2) is 0 Å². The van der Waals surface area contributed by atoms with Crippen LogP contribution >= 0.6 is 0 Å². The van der Waals surface area contributed by atoms with Crippen molar-refractivity contribution >= 4 is 0 Å². The number of ether oxygens (including phenoxy) is 2. The number of benzene rings is 2. The molecule has 0 radical (unpaired) electrons. The van der Waals surface area contributed by atoms with Crippen LogP contribution in [0.1, 0.15) is 35.4 Å². The molecule has 0 aliphatic heterocycles. The summed E-state index contributed by atoms with van der Waals surface area (Å²) in [7, 11) is 0. The molecule has 1 aliphatic carbocycles. The van der Waals surface area contributed by atoms with E-state index in [-0.39, 0.29) is 5.75 Å². The van der Waals surface area contributed by atoms with Gasteiger partial charge in [-0.1, -0.05) is 36.4 Å². The van der Waals surface area contributed by atoms with Crippen molar-refractivity contribution in [2.45, 2.75) is 38.5 Å². The Bertz CT molecular complexity index is 888. The molecule has 4 rings (SSSR count). The summed E-state index contributed by atoms with van der Waals surface area (Å²) in [5.74, 6) is 1.33. The summed E-state index contributed by atoms with van der Waals surface area (Å²) < 4.78 is 37.0. The van der Waals surface area contributed by atoms with Crippen molar-refractivity contribution in [2.75, 3.05) is 6.61 Å². The fraction of sp³-hybridized carbons (Fsp3) is 0.333. The smallest absolute Gasteiger partial charge is 0.387 e. The average molecular weight is 397 g/mol. The molecule has 3 aromatic rings. The van der Waals surface area contributed by atoms with E-state index in [1.807, 2.05) is 18.2 Å². The summed E-state index contributed by atoms with van der Waals surface area (Å²) in [5.41, 5.74) is 3.55. The van der Waals surface area contributed by atoms with Gasteiger partial charge in [0.25, 0.3) is 0 Å². The zero-order valence-electron chi connectivity index (χ0n) is 16.2. The highest BCUT2D eigenvalue weighted by Gasteiger charge is 2.30. The molecule has 0 spiro atoms. The fourth-order valence-electron chi connectivity index (χ4n) is 3.88. The molecule has 29 heavy (non-hydrogen) atoms. The van der Waals surface area contributed by atoms with Gasteiger partial charge in [-0.05, 0) is 65.6 Å². The van der Waals surface area contributed by atoms with E-state index >= 15 is 0 Å². The van der Waals surface area contributed by atoms with Crippen molar-refractivity contribution in [3.05, 3.63) is 89.7 Å². The van der Waals surface area contributed by atoms with Crippen LogP contribution < -0.4 is 4.74 Å². The quantitative estimate of drug-likeness (QED) is 0.452. The molecule has 1 fully saturated rings. The van der Waals surface area contributed by atoms with Gasteiger partial charge in [-0.2, -0.15) is 8.78 Å². The molecular weight excluding hydrogens is 372 g/mol. The molecule has 1 aromatic heterocycles. The van der Waals surface area contributed by atoms with Gasteiger partial charge < -0.3 is 14.0 Å². The van der Waals surface area contributed by atoms with Crippen molar-refractivity contribution in [1.29, 1.82) is 0 Å². The van der Waals surface area contributed by atoms with Crippen LogP contribution in [0, 0.1) is 5.92 Å². The number of aromatic nitrogens is 1. The molecule has 0 saturated heterocycles. The molecular formula is C24H25F2NO2. The number of halogens is 2. The maximum Gasteiger partial charge on any atom is 0.387 e. The number of hydrogen-bond acceptors (Lipinski definition) is 2. The Hall–Kier alpha value is -2.66. The summed E-state index contributed by atoms with van der Waals surface area (Å²) in [4.78, 5) is 0. The lowest BCUT2D eigenvalue weighted by Crippen LogP contribution is -2.26. The Balaban J connectivity index is 1.19. The predicted octanol–water partition coefficient (Wildman–Crippen LogP) is 5.85. The van der Waals surface area contributed by atoms with Gasteiger partial charge in [0, 0.05) is 25.5 Å². The Labute approximate surface area is 169 Å². The van der Waals surface area contributed by atoms with Gasteiger partial charge in [0.2, 0.25) is 0 Å². The van der Waals surface area contributed by atoms with Gasteiger partial charge in [-0.25, -0.2) is 0 Å². The van der Waals surface area contributed by atoms with Crippen LogP contribution in [-0.4, -0.2) is 17.8 Å². The number of hydrogen-bond donors (Lipinski definition) is 0. The van der Waals surface area contributed by atoms with E-state index in [0.29, 0.717) is 25.0 Å². The minimum atomic E-state index is -2.80. The molecule has 0 bridgehead atoms.